The Hall–Kier alpha value is -0.710. The van der Waals surface area contributed by atoms with Crippen LogP contribution in [0.1, 0.15) is 0 Å². The van der Waals surface area contributed by atoms with Crippen LogP contribution in [0.2, 0.25) is 0 Å². The van der Waals surface area contributed by atoms with E-state index in [4.69, 9.17) is 19.9 Å². The maximum Gasteiger partial charge on any atom is 0.187 e. The molecular formula is C13H24N2O10S. The van der Waals surface area contributed by atoms with Gasteiger partial charge in [-0.2, -0.15) is 0 Å². The third-order valence-electron chi connectivity index (χ3n) is 4.29. The second kappa shape index (κ2) is 8.99. The minimum absolute atomic E-state index is 0.203. The van der Waals surface area contributed by atoms with Gasteiger partial charge < -0.3 is 61.0 Å². The lowest BCUT2D eigenvalue weighted by atomic mass is 9.96. The minimum Gasteiger partial charge on any atom is -0.394 e. The number of hydrogen-bond donors (Lipinski definition) is 9. The first-order chi connectivity index (χ1) is 12.2. The number of rotatable bonds is 5. The first kappa shape index (κ1) is 21.6. The van der Waals surface area contributed by atoms with Gasteiger partial charge in [0.15, 0.2) is 17.6 Å². The monoisotopic (exact) mass is 400 g/mol. The molecule has 152 valence electrons. The number of ether oxygens (including phenoxy) is 3. The topological polar surface area (TPSA) is 207 Å². The summed E-state index contributed by atoms with van der Waals surface area (Å²) in [4.78, 5) is 0. The molecular weight excluding hydrogens is 376 g/mol. The third kappa shape index (κ3) is 4.40. The molecule has 0 spiro atoms. The van der Waals surface area contributed by atoms with Crippen molar-refractivity contribution >= 4 is 17.3 Å². The first-order valence-electron chi connectivity index (χ1n) is 7.85. The van der Waals surface area contributed by atoms with Crippen LogP contribution in [0.15, 0.2) is 0 Å². The molecule has 2 heterocycles. The summed E-state index contributed by atoms with van der Waals surface area (Å²) in [6.07, 6.45) is -14.7. The zero-order chi connectivity index (χ0) is 19.6. The van der Waals surface area contributed by atoms with Gasteiger partial charge in [-0.1, -0.05) is 0 Å². The molecule has 2 aliphatic heterocycles. The minimum atomic E-state index is -1.72. The van der Waals surface area contributed by atoms with Gasteiger partial charge in [-0.15, -0.1) is 0 Å². The Kier molecular flexibility index (Phi) is 7.46. The molecule has 2 rings (SSSR count). The number of aliphatic hydroxyl groups excluding tert-OH is 7. The normalized spacial score (nSPS) is 46.7. The molecule has 10 atom stereocenters. The molecule has 0 unspecified atom stereocenters. The Morgan fingerprint density at radius 2 is 1.50 bits per heavy atom. The highest BCUT2D eigenvalue weighted by Crippen LogP contribution is 2.28. The Balaban J connectivity index is 2.12. The molecule has 13 heteroatoms. The zero-order valence-electron chi connectivity index (χ0n) is 13.5. The molecule has 0 aromatic heterocycles. The van der Waals surface area contributed by atoms with E-state index in [-0.39, 0.29) is 5.11 Å². The Bertz CT molecular complexity index is 484. The molecule has 0 saturated carbocycles. The fraction of sp³-hybridized carbons (Fsp3) is 0.923. The van der Waals surface area contributed by atoms with Crippen LogP contribution >= 0.6 is 12.2 Å². The molecule has 0 aliphatic carbocycles. The van der Waals surface area contributed by atoms with Gasteiger partial charge in [0.25, 0.3) is 0 Å². The van der Waals surface area contributed by atoms with Crippen LogP contribution in [0.3, 0.4) is 0 Å². The highest BCUT2D eigenvalue weighted by Gasteiger charge is 2.50. The van der Waals surface area contributed by atoms with Crippen molar-refractivity contribution in [3.8, 4) is 0 Å². The quantitative estimate of drug-likeness (QED) is 0.198. The van der Waals surface area contributed by atoms with Crippen molar-refractivity contribution in [1.29, 1.82) is 0 Å². The van der Waals surface area contributed by atoms with E-state index in [0.29, 0.717) is 0 Å². The van der Waals surface area contributed by atoms with Gasteiger partial charge in [0.1, 0.15) is 48.8 Å². The number of nitrogens with one attached hydrogen (secondary N) is 1. The van der Waals surface area contributed by atoms with Crippen LogP contribution in [0.4, 0.5) is 0 Å². The summed E-state index contributed by atoms with van der Waals surface area (Å²) in [6.45, 7) is -1.30. The van der Waals surface area contributed by atoms with Crippen molar-refractivity contribution in [2.24, 2.45) is 5.73 Å². The summed E-state index contributed by atoms with van der Waals surface area (Å²) >= 11 is 4.64. The molecule has 12 nitrogen and oxygen atoms in total. The lowest BCUT2D eigenvalue weighted by Gasteiger charge is -2.46. The van der Waals surface area contributed by atoms with Crippen LogP contribution in [-0.4, -0.2) is 115 Å². The van der Waals surface area contributed by atoms with E-state index in [2.05, 4.69) is 17.5 Å². The SMILES string of the molecule is NC(=S)N[C@H]1O[C@H](CO)[C@@H](O[C@@H]2O[C@H](CO)[C@H](O)[C@H](O)[C@H]2O)[C@H](O)[C@H]1O. The smallest absolute Gasteiger partial charge is 0.187 e. The van der Waals surface area contributed by atoms with Crippen LogP contribution < -0.4 is 11.1 Å². The molecule has 2 aliphatic rings. The molecule has 2 saturated heterocycles. The van der Waals surface area contributed by atoms with Crippen molar-refractivity contribution in [3.05, 3.63) is 0 Å². The average molecular weight is 400 g/mol. The maximum absolute atomic E-state index is 10.3. The van der Waals surface area contributed by atoms with Crippen LogP contribution in [0, 0.1) is 0 Å². The summed E-state index contributed by atoms with van der Waals surface area (Å²) in [5.74, 6) is 0. The van der Waals surface area contributed by atoms with E-state index in [1.165, 1.54) is 0 Å². The molecule has 26 heavy (non-hydrogen) atoms. The van der Waals surface area contributed by atoms with Crippen LogP contribution in [0.5, 0.6) is 0 Å². The zero-order valence-corrected chi connectivity index (χ0v) is 14.3. The molecule has 0 amide bonds. The van der Waals surface area contributed by atoms with E-state index in [1.54, 1.807) is 0 Å². The second-order valence-electron chi connectivity index (χ2n) is 6.07. The molecule has 0 radical (unpaired) electrons. The van der Waals surface area contributed by atoms with Gasteiger partial charge in [0.2, 0.25) is 0 Å². The van der Waals surface area contributed by atoms with Crippen LogP contribution in [0.25, 0.3) is 0 Å². The van der Waals surface area contributed by atoms with Crippen LogP contribution in [-0.2, 0) is 14.2 Å². The first-order valence-corrected chi connectivity index (χ1v) is 8.26. The highest BCUT2D eigenvalue weighted by atomic mass is 32.1. The Morgan fingerprint density at radius 1 is 0.885 bits per heavy atom. The lowest BCUT2D eigenvalue weighted by molar-refractivity contribution is -0.342. The fourth-order valence-electron chi connectivity index (χ4n) is 2.85. The van der Waals surface area contributed by atoms with Crippen molar-refractivity contribution in [1.82, 2.24) is 5.32 Å². The average Bonchev–Trinajstić information content (AvgIpc) is 2.60. The number of aliphatic hydroxyl groups is 7. The standard InChI is InChI=1S/C13H24N2O10S/c14-13(26)15-11-8(21)7(20)10(4(2-17)23-11)25-12-9(22)6(19)5(18)3(1-16)24-12/h3-12,16-22H,1-2H2,(H3,14,15,26)/t3-,4-,5+,6+,7-,8-,9-,10-,11+,12+/m1/s1. The largest absolute Gasteiger partial charge is 0.394 e. The van der Waals surface area contributed by atoms with Gasteiger partial charge in [0, 0.05) is 0 Å². The molecule has 0 bridgehead atoms. The predicted molar refractivity (Wildman–Crippen MR) is 86.3 cm³/mol. The fourth-order valence-corrected chi connectivity index (χ4v) is 2.97. The molecule has 0 aromatic rings. The van der Waals surface area contributed by atoms with Crippen molar-refractivity contribution in [3.63, 3.8) is 0 Å². The van der Waals surface area contributed by atoms with Crippen molar-refractivity contribution < 1.29 is 50.0 Å². The third-order valence-corrected chi connectivity index (χ3v) is 4.41. The number of nitrogens with two attached hydrogens (primary N) is 1. The molecule has 10 N–H and O–H groups in total. The summed E-state index contributed by atoms with van der Waals surface area (Å²) in [6, 6.07) is 0. The molecule has 0 aromatic carbocycles. The van der Waals surface area contributed by atoms with E-state index in [0.717, 1.165) is 0 Å². The van der Waals surface area contributed by atoms with Gasteiger partial charge in [0.05, 0.1) is 13.2 Å². The Morgan fingerprint density at radius 3 is 2.04 bits per heavy atom. The van der Waals surface area contributed by atoms with Gasteiger partial charge >= 0.3 is 0 Å². The van der Waals surface area contributed by atoms with E-state index in [9.17, 15) is 35.7 Å². The van der Waals surface area contributed by atoms with Crippen molar-refractivity contribution in [2.75, 3.05) is 13.2 Å². The molecule has 2 fully saturated rings. The number of hydrogen-bond acceptors (Lipinski definition) is 11. The van der Waals surface area contributed by atoms with E-state index < -0.39 is 74.6 Å². The summed E-state index contributed by atoms with van der Waals surface area (Å²) in [5, 5.41) is 70.8. The van der Waals surface area contributed by atoms with E-state index >= 15 is 0 Å². The highest BCUT2D eigenvalue weighted by molar-refractivity contribution is 7.80. The predicted octanol–water partition coefficient (Wildman–Crippen LogP) is -5.56. The summed E-state index contributed by atoms with van der Waals surface area (Å²) in [5.41, 5.74) is 5.30. The van der Waals surface area contributed by atoms with Gasteiger partial charge in [-0.25, -0.2) is 0 Å². The van der Waals surface area contributed by atoms with Crippen molar-refractivity contribution in [2.45, 2.75) is 61.3 Å². The Labute approximate surface area is 153 Å². The summed E-state index contributed by atoms with van der Waals surface area (Å²) in [7, 11) is 0. The number of thiocarbonyl (C=S) groups is 1. The van der Waals surface area contributed by atoms with E-state index in [1.807, 2.05) is 0 Å². The maximum atomic E-state index is 10.3. The van der Waals surface area contributed by atoms with Gasteiger partial charge in [-0.05, 0) is 12.2 Å². The summed E-state index contributed by atoms with van der Waals surface area (Å²) < 4.78 is 15.9. The second-order valence-corrected chi connectivity index (χ2v) is 6.51. The lowest BCUT2D eigenvalue weighted by Crippen LogP contribution is -2.66. The van der Waals surface area contributed by atoms with Gasteiger partial charge in [-0.3, -0.25) is 0 Å².